The molecule has 0 amide bonds. The number of hydrogen-bond donors (Lipinski definition) is 1. The second kappa shape index (κ2) is 4.55. The van der Waals surface area contributed by atoms with Crippen LogP contribution in [0.4, 0.5) is 4.39 Å². The Morgan fingerprint density at radius 1 is 1.57 bits per heavy atom. The van der Waals surface area contributed by atoms with Gasteiger partial charge in [-0.05, 0) is 34.0 Å². The van der Waals surface area contributed by atoms with Gasteiger partial charge in [0.05, 0.1) is 10.9 Å². The van der Waals surface area contributed by atoms with Gasteiger partial charge in [0.15, 0.2) is 0 Å². The van der Waals surface area contributed by atoms with Crippen LogP contribution >= 0.6 is 15.9 Å². The number of rotatable bonds is 3. The predicted molar refractivity (Wildman–Crippen MR) is 54.8 cm³/mol. The topological polar surface area (TPSA) is 37.3 Å². The number of aliphatic carboxylic acids is 1. The molecule has 0 saturated carbocycles. The third-order valence-electron chi connectivity index (χ3n) is 1.91. The van der Waals surface area contributed by atoms with Gasteiger partial charge in [0.1, 0.15) is 5.82 Å². The molecule has 14 heavy (non-hydrogen) atoms. The maximum atomic E-state index is 13.4. The number of halogens is 2. The van der Waals surface area contributed by atoms with Gasteiger partial charge >= 0.3 is 5.97 Å². The molecule has 0 bridgehead atoms. The summed E-state index contributed by atoms with van der Waals surface area (Å²) in [6.45, 7) is 1.93. The molecule has 0 spiro atoms. The molecule has 0 fully saturated rings. The first kappa shape index (κ1) is 11.2. The van der Waals surface area contributed by atoms with Crippen molar-refractivity contribution in [3.8, 4) is 0 Å². The van der Waals surface area contributed by atoms with E-state index < -0.39 is 11.8 Å². The smallest absolute Gasteiger partial charge is 0.307 e. The van der Waals surface area contributed by atoms with Crippen molar-refractivity contribution in [1.82, 2.24) is 0 Å². The zero-order valence-corrected chi connectivity index (χ0v) is 9.27. The number of carboxylic acid groups (broad SMARTS) is 1. The summed E-state index contributed by atoms with van der Waals surface area (Å²) in [5.74, 6) is -1.51. The predicted octanol–water partition coefficient (Wildman–Crippen LogP) is 2.78. The second-order valence-electron chi connectivity index (χ2n) is 2.97. The van der Waals surface area contributed by atoms with E-state index in [4.69, 9.17) is 5.11 Å². The van der Waals surface area contributed by atoms with Gasteiger partial charge in [0.2, 0.25) is 0 Å². The first-order valence-electron chi connectivity index (χ1n) is 4.23. The lowest BCUT2D eigenvalue weighted by Crippen LogP contribution is -2.03. The van der Waals surface area contributed by atoms with Crippen LogP contribution in [-0.4, -0.2) is 11.1 Å². The minimum atomic E-state index is -1.02. The van der Waals surface area contributed by atoms with E-state index in [9.17, 15) is 9.18 Å². The van der Waals surface area contributed by atoms with Gasteiger partial charge in [0.25, 0.3) is 0 Å². The Morgan fingerprint density at radius 2 is 2.21 bits per heavy atom. The van der Waals surface area contributed by atoms with Crippen molar-refractivity contribution in [3.05, 3.63) is 33.5 Å². The fourth-order valence-corrected chi connectivity index (χ4v) is 1.75. The quantitative estimate of drug-likeness (QED) is 0.908. The molecule has 0 aromatic heterocycles. The molecule has 1 aromatic carbocycles. The molecule has 0 aliphatic carbocycles. The molecule has 76 valence electrons. The van der Waals surface area contributed by atoms with Crippen molar-refractivity contribution >= 4 is 21.9 Å². The summed E-state index contributed by atoms with van der Waals surface area (Å²) in [6.07, 6.45) is 0.476. The van der Waals surface area contributed by atoms with Crippen LogP contribution in [0, 0.1) is 5.82 Å². The largest absolute Gasteiger partial charge is 0.481 e. The Kier molecular flexibility index (Phi) is 3.63. The van der Waals surface area contributed by atoms with Crippen LogP contribution in [0.5, 0.6) is 0 Å². The molecule has 1 aromatic rings. The number of carboxylic acids is 1. The standard InChI is InChI=1S/C10H10BrFO2/c1-2-6-3-7(5-9(13)14)10(12)8(11)4-6/h3-4H,2,5H2,1H3,(H,13,14). The third-order valence-corrected chi connectivity index (χ3v) is 2.49. The van der Waals surface area contributed by atoms with E-state index in [-0.39, 0.29) is 12.0 Å². The minimum Gasteiger partial charge on any atom is -0.481 e. The Balaban J connectivity index is 3.13. The van der Waals surface area contributed by atoms with Crippen LogP contribution in [0.15, 0.2) is 16.6 Å². The van der Waals surface area contributed by atoms with E-state index in [0.717, 1.165) is 12.0 Å². The first-order valence-corrected chi connectivity index (χ1v) is 5.02. The first-order chi connectivity index (χ1) is 6.54. The van der Waals surface area contributed by atoms with Gasteiger partial charge in [-0.3, -0.25) is 4.79 Å². The molecule has 1 N–H and O–H groups in total. The highest BCUT2D eigenvalue weighted by Gasteiger charge is 2.11. The SMILES string of the molecule is CCc1cc(Br)c(F)c(CC(=O)O)c1. The van der Waals surface area contributed by atoms with Crippen LogP contribution in [0.3, 0.4) is 0 Å². The van der Waals surface area contributed by atoms with E-state index in [0.29, 0.717) is 4.47 Å². The molecular weight excluding hydrogens is 251 g/mol. The fraction of sp³-hybridized carbons (Fsp3) is 0.300. The highest BCUT2D eigenvalue weighted by atomic mass is 79.9. The Hall–Kier alpha value is -0.900. The molecule has 0 unspecified atom stereocenters. The van der Waals surface area contributed by atoms with Gasteiger partial charge in [0, 0.05) is 5.56 Å². The number of carbonyl (C=O) groups is 1. The molecule has 2 nitrogen and oxygen atoms in total. The van der Waals surface area contributed by atoms with Crippen LogP contribution in [0.2, 0.25) is 0 Å². The monoisotopic (exact) mass is 260 g/mol. The number of benzene rings is 1. The Labute approximate surface area is 89.9 Å². The molecule has 0 saturated heterocycles. The van der Waals surface area contributed by atoms with E-state index in [1.165, 1.54) is 0 Å². The van der Waals surface area contributed by atoms with E-state index in [1.54, 1.807) is 12.1 Å². The third kappa shape index (κ3) is 2.54. The maximum Gasteiger partial charge on any atom is 0.307 e. The zero-order valence-electron chi connectivity index (χ0n) is 7.68. The van der Waals surface area contributed by atoms with Gasteiger partial charge < -0.3 is 5.11 Å². The summed E-state index contributed by atoms with van der Waals surface area (Å²) in [4.78, 5) is 10.4. The minimum absolute atomic E-state index is 0.226. The van der Waals surface area contributed by atoms with Crippen molar-refractivity contribution < 1.29 is 14.3 Å². The summed E-state index contributed by atoms with van der Waals surface area (Å²) in [6, 6.07) is 3.26. The van der Waals surface area contributed by atoms with Crippen LogP contribution < -0.4 is 0 Å². The molecular formula is C10H10BrFO2. The normalized spacial score (nSPS) is 10.2. The van der Waals surface area contributed by atoms with E-state index >= 15 is 0 Å². The number of aryl methyl sites for hydroxylation is 1. The average Bonchev–Trinajstić information content (AvgIpc) is 2.11. The molecule has 0 aliphatic heterocycles. The molecule has 0 atom stereocenters. The molecule has 4 heteroatoms. The van der Waals surface area contributed by atoms with Crippen molar-refractivity contribution in [3.63, 3.8) is 0 Å². The summed E-state index contributed by atoms with van der Waals surface area (Å²) in [5.41, 5.74) is 1.15. The second-order valence-corrected chi connectivity index (χ2v) is 3.83. The Morgan fingerprint density at radius 3 is 2.71 bits per heavy atom. The van der Waals surface area contributed by atoms with Crippen LogP contribution in [0.25, 0.3) is 0 Å². The lowest BCUT2D eigenvalue weighted by atomic mass is 10.1. The van der Waals surface area contributed by atoms with E-state index in [1.807, 2.05) is 6.92 Å². The van der Waals surface area contributed by atoms with Crippen molar-refractivity contribution in [2.45, 2.75) is 19.8 Å². The van der Waals surface area contributed by atoms with Crippen molar-refractivity contribution in [2.24, 2.45) is 0 Å². The lowest BCUT2D eigenvalue weighted by Gasteiger charge is -2.05. The van der Waals surface area contributed by atoms with Gasteiger partial charge in [-0.15, -0.1) is 0 Å². The Bertz CT molecular complexity index is 363. The summed E-state index contributed by atoms with van der Waals surface area (Å²) < 4.78 is 13.7. The van der Waals surface area contributed by atoms with Crippen LogP contribution in [-0.2, 0) is 17.6 Å². The van der Waals surface area contributed by atoms with E-state index in [2.05, 4.69) is 15.9 Å². The summed E-state index contributed by atoms with van der Waals surface area (Å²) in [5, 5.41) is 8.56. The molecule has 1 rings (SSSR count). The average molecular weight is 261 g/mol. The maximum absolute atomic E-state index is 13.4. The molecule has 0 radical (unpaired) electrons. The van der Waals surface area contributed by atoms with Crippen LogP contribution in [0.1, 0.15) is 18.1 Å². The fourth-order valence-electron chi connectivity index (χ4n) is 1.20. The summed E-state index contributed by atoms with van der Waals surface area (Å²) >= 11 is 3.06. The highest BCUT2D eigenvalue weighted by molar-refractivity contribution is 9.10. The number of hydrogen-bond acceptors (Lipinski definition) is 1. The highest BCUT2D eigenvalue weighted by Crippen LogP contribution is 2.22. The van der Waals surface area contributed by atoms with Gasteiger partial charge in [-0.2, -0.15) is 0 Å². The van der Waals surface area contributed by atoms with Crippen molar-refractivity contribution in [1.29, 1.82) is 0 Å². The zero-order chi connectivity index (χ0) is 10.7. The van der Waals surface area contributed by atoms with Crippen molar-refractivity contribution in [2.75, 3.05) is 0 Å². The van der Waals surface area contributed by atoms with Gasteiger partial charge in [-0.1, -0.05) is 13.0 Å². The molecule has 0 aliphatic rings. The van der Waals surface area contributed by atoms with Gasteiger partial charge in [-0.25, -0.2) is 4.39 Å². The lowest BCUT2D eigenvalue weighted by molar-refractivity contribution is -0.136. The summed E-state index contributed by atoms with van der Waals surface area (Å²) in [7, 11) is 0. The molecule has 0 heterocycles.